The summed E-state index contributed by atoms with van der Waals surface area (Å²) in [6, 6.07) is 9.74. The fourth-order valence-electron chi connectivity index (χ4n) is 1.26. The highest BCUT2D eigenvalue weighted by molar-refractivity contribution is 5.78. The molecule has 2 rings (SSSR count). The van der Waals surface area contributed by atoms with E-state index in [-0.39, 0.29) is 0 Å². The molecule has 1 N–H and O–H groups in total. The lowest BCUT2D eigenvalue weighted by Crippen LogP contribution is -1.92. The van der Waals surface area contributed by atoms with Crippen LogP contribution in [-0.2, 0) is 0 Å². The molecular formula is C9H8N2O. The van der Waals surface area contributed by atoms with Crippen molar-refractivity contribution in [3.63, 3.8) is 0 Å². The third kappa shape index (κ3) is 0.955. The third-order valence-electron chi connectivity index (χ3n) is 1.78. The Balaban J connectivity index is 2.73. The van der Waals surface area contributed by atoms with Gasteiger partial charge in [-0.05, 0) is 24.3 Å². The largest absolute Gasteiger partial charge is 0.411 e. The van der Waals surface area contributed by atoms with Crippen molar-refractivity contribution < 1.29 is 5.21 Å². The quantitative estimate of drug-likeness (QED) is 0.385. The highest BCUT2D eigenvalue weighted by atomic mass is 16.4. The van der Waals surface area contributed by atoms with Crippen LogP contribution in [0.5, 0.6) is 0 Å². The van der Waals surface area contributed by atoms with Crippen molar-refractivity contribution in [1.29, 1.82) is 0 Å². The van der Waals surface area contributed by atoms with Crippen LogP contribution in [0.25, 0.3) is 5.52 Å². The normalized spacial score (nSPS) is 11.3. The van der Waals surface area contributed by atoms with Crippen molar-refractivity contribution >= 4 is 11.7 Å². The van der Waals surface area contributed by atoms with Gasteiger partial charge in [-0.25, -0.2) is 0 Å². The average Bonchev–Trinajstić information content (AvgIpc) is 2.53. The van der Waals surface area contributed by atoms with Gasteiger partial charge in [-0.3, -0.25) is 0 Å². The van der Waals surface area contributed by atoms with Gasteiger partial charge in [0, 0.05) is 11.7 Å². The summed E-state index contributed by atoms with van der Waals surface area (Å²) in [7, 11) is 0. The molecule has 0 aliphatic carbocycles. The fourth-order valence-corrected chi connectivity index (χ4v) is 1.26. The Kier molecular flexibility index (Phi) is 1.55. The first kappa shape index (κ1) is 6.91. The minimum atomic E-state index is 0.861. The van der Waals surface area contributed by atoms with E-state index in [1.807, 2.05) is 40.9 Å². The zero-order valence-electron chi connectivity index (χ0n) is 6.38. The Morgan fingerprint density at radius 2 is 2.08 bits per heavy atom. The number of hydrogen-bond acceptors (Lipinski definition) is 2. The van der Waals surface area contributed by atoms with Crippen LogP contribution in [0.4, 0.5) is 0 Å². The number of rotatable bonds is 1. The van der Waals surface area contributed by atoms with E-state index in [1.165, 1.54) is 6.21 Å². The monoisotopic (exact) mass is 160 g/mol. The maximum absolute atomic E-state index is 8.37. The molecule has 0 saturated heterocycles. The van der Waals surface area contributed by atoms with Crippen molar-refractivity contribution in [2.75, 3.05) is 0 Å². The van der Waals surface area contributed by atoms with Gasteiger partial charge in [0.25, 0.3) is 0 Å². The molecule has 0 aromatic carbocycles. The molecule has 0 saturated carbocycles. The highest BCUT2D eigenvalue weighted by Crippen LogP contribution is 2.06. The molecule has 2 aromatic rings. The van der Waals surface area contributed by atoms with Gasteiger partial charge in [0.1, 0.15) is 0 Å². The molecule has 0 aliphatic rings. The zero-order chi connectivity index (χ0) is 8.39. The van der Waals surface area contributed by atoms with Crippen LogP contribution in [-0.4, -0.2) is 15.8 Å². The summed E-state index contributed by atoms with van der Waals surface area (Å²) in [6.45, 7) is 0. The number of nitrogens with zero attached hydrogens (tertiary/aromatic N) is 2. The van der Waals surface area contributed by atoms with Crippen molar-refractivity contribution in [3.8, 4) is 0 Å². The molecule has 0 radical (unpaired) electrons. The van der Waals surface area contributed by atoms with Crippen LogP contribution < -0.4 is 0 Å². The summed E-state index contributed by atoms with van der Waals surface area (Å²) in [6.07, 6.45) is 3.33. The summed E-state index contributed by atoms with van der Waals surface area (Å²) in [5.41, 5.74) is 1.95. The number of oxime groups is 1. The molecule has 0 spiro atoms. The maximum atomic E-state index is 8.37. The van der Waals surface area contributed by atoms with E-state index in [2.05, 4.69) is 5.16 Å². The van der Waals surface area contributed by atoms with Gasteiger partial charge in [0.05, 0.1) is 11.9 Å². The first-order valence-electron chi connectivity index (χ1n) is 3.65. The van der Waals surface area contributed by atoms with E-state index < -0.39 is 0 Å². The topological polar surface area (TPSA) is 37.0 Å². The van der Waals surface area contributed by atoms with Gasteiger partial charge in [0.2, 0.25) is 0 Å². The van der Waals surface area contributed by atoms with Crippen LogP contribution in [0.2, 0.25) is 0 Å². The molecule has 12 heavy (non-hydrogen) atoms. The molecule has 0 amide bonds. The number of hydrogen-bond donors (Lipinski definition) is 1. The number of aromatic nitrogens is 1. The SMILES string of the molecule is ON=Cc1cccc2cccn12. The second-order valence-corrected chi connectivity index (χ2v) is 2.50. The molecule has 0 atom stereocenters. The van der Waals surface area contributed by atoms with Crippen molar-refractivity contribution in [2.45, 2.75) is 0 Å². The molecular weight excluding hydrogens is 152 g/mol. The average molecular weight is 160 g/mol. The van der Waals surface area contributed by atoms with Gasteiger partial charge in [-0.2, -0.15) is 0 Å². The van der Waals surface area contributed by atoms with Crippen LogP contribution >= 0.6 is 0 Å². The molecule has 0 unspecified atom stereocenters. The predicted octanol–water partition coefficient (Wildman–Crippen LogP) is 1.75. The maximum Gasteiger partial charge on any atom is 0.0901 e. The molecule has 0 bridgehead atoms. The van der Waals surface area contributed by atoms with Crippen LogP contribution in [0.15, 0.2) is 41.7 Å². The van der Waals surface area contributed by atoms with Crippen LogP contribution in [0.1, 0.15) is 5.69 Å². The van der Waals surface area contributed by atoms with Gasteiger partial charge >= 0.3 is 0 Å². The number of pyridine rings is 1. The standard InChI is InChI=1S/C9H8N2O/c12-10-7-9-4-1-3-8-5-2-6-11(8)9/h1-7,12H. The minimum Gasteiger partial charge on any atom is -0.411 e. The minimum absolute atomic E-state index is 0.861. The van der Waals surface area contributed by atoms with E-state index in [4.69, 9.17) is 5.21 Å². The molecule has 60 valence electrons. The van der Waals surface area contributed by atoms with Crippen LogP contribution in [0.3, 0.4) is 0 Å². The lowest BCUT2D eigenvalue weighted by molar-refractivity contribution is 0.321. The van der Waals surface area contributed by atoms with E-state index in [0.29, 0.717) is 0 Å². The predicted molar refractivity (Wildman–Crippen MR) is 46.8 cm³/mol. The van der Waals surface area contributed by atoms with Gasteiger partial charge in [-0.1, -0.05) is 11.2 Å². The lowest BCUT2D eigenvalue weighted by atomic mass is 10.3. The van der Waals surface area contributed by atoms with Crippen molar-refractivity contribution in [1.82, 2.24) is 4.40 Å². The van der Waals surface area contributed by atoms with Crippen molar-refractivity contribution in [2.24, 2.45) is 5.16 Å². The fraction of sp³-hybridized carbons (Fsp3) is 0. The van der Waals surface area contributed by atoms with Gasteiger partial charge in [0.15, 0.2) is 0 Å². The smallest absolute Gasteiger partial charge is 0.0901 e. The van der Waals surface area contributed by atoms with E-state index >= 15 is 0 Å². The second kappa shape index (κ2) is 2.70. The molecule has 0 fully saturated rings. The van der Waals surface area contributed by atoms with Crippen molar-refractivity contribution in [3.05, 3.63) is 42.2 Å². The summed E-state index contributed by atoms with van der Waals surface area (Å²) in [5.74, 6) is 0. The van der Waals surface area contributed by atoms with Gasteiger partial charge < -0.3 is 9.61 Å². The Hall–Kier alpha value is -1.77. The Morgan fingerprint density at radius 1 is 1.25 bits per heavy atom. The first-order valence-corrected chi connectivity index (χ1v) is 3.65. The summed E-state index contributed by atoms with van der Waals surface area (Å²) in [5, 5.41) is 11.4. The molecule has 2 heterocycles. The third-order valence-corrected chi connectivity index (χ3v) is 1.78. The Bertz CT molecular complexity index is 417. The summed E-state index contributed by atoms with van der Waals surface area (Å²) >= 11 is 0. The summed E-state index contributed by atoms with van der Waals surface area (Å²) in [4.78, 5) is 0. The zero-order valence-corrected chi connectivity index (χ0v) is 6.38. The second-order valence-electron chi connectivity index (χ2n) is 2.50. The number of fused-ring (bicyclic) bond motifs is 1. The molecule has 3 heteroatoms. The molecule has 2 aromatic heterocycles. The first-order chi connectivity index (χ1) is 5.92. The van der Waals surface area contributed by atoms with Crippen LogP contribution in [0, 0.1) is 0 Å². The summed E-state index contributed by atoms with van der Waals surface area (Å²) < 4.78 is 1.94. The van der Waals surface area contributed by atoms with E-state index in [9.17, 15) is 0 Å². The van der Waals surface area contributed by atoms with E-state index in [1.54, 1.807) is 0 Å². The van der Waals surface area contributed by atoms with Gasteiger partial charge in [-0.15, -0.1) is 0 Å². The highest BCUT2D eigenvalue weighted by Gasteiger charge is 1.94. The Morgan fingerprint density at radius 3 is 2.92 bits per heavy atom. The molecule has 3 nitrogen and oxygen atoms in total. The van der Waals surface area contributed by atoms with E-state index in [0.717, 1.165) is 11.2 Å². The molecule has 0 aliphatic heterocycles. The lowest BCUT2D eigenvalue weighted by Gasteiger charge is -1.97. The Labute approximate surface area is 69.6 Å².